The maximum absolute atomic E-state index is 9.49. The summed E-state index contributed by atoms with van der Waals surface area (Å²) >= 11 is 0. The Bertz CT molecular complexity index is 1560. The van der Waals surface area contributed by atoms with Gasteiger partial charge in [0.05, 0.1) is 23.8 Å². The zero-order valence-electron chi connectivity index (χ0n) is 19.9. The Morgan fingerprint density at radius 3 is 2.78 bits per heavy atom. The molecular formula is C30H26N4O2. The molecule has 6 nitrogen and oxygen atoms in total. The van der Waals surface area contributed by atoms with Gasteiger partial charge in [0.25, 0.3) is 0 Å². The van der Waals surface area contributed by atoms with Crippen LogP contribution >= 0.6 is 0 Å². The van der Waals surface area contributed by atoms with Gasteiger partial charge in [-0.25, -0.2) is 4.68 Å². The number of benzene rings is 3. The van der Waals surface area contributed by atoms with Gasteiger partial charge in [0, 0.05) is 36.4 Å². The summed E-state index contributed by atoms with van der Waals surface area (Å²) in [6.07, 6.45) is 7.54. The smallest absolute Gasteiger partial charge is 0.150 e. The van der Waals surface area contributed by atoms with Crippen LogP contribution in [0.25, 0.3) is 32.9 Å². The fourth-order valence-corrected chi connectivity index (χ4v) is 4.85. The van der Waals surface area contributed by atoms with Crippen molar-refractivity contribution in [3.63, 3.8) is 0 Å². The summed E-state index contributed by atoms with van der Waals surface area (Å²) in [6, 6.07) is 24.6. The molecule has 0 N–H and O–H groups in total. The molecule has 178 valence electrons. The van der Waals surface area contributed by atoms with Gasteiger partial charge in [-0.15, -0.1) is 0 Å². The first-order chi connectivity index (χ1) is 17.8. The fourth-order valence-electron chi connectivity index (χ4n) is 4.85. The van der Waals surface area contributed by atoms with Crippen LogP contribution in [0.15, 0.2) is 79.1 Å². The lowest BCUT2D eigenvalue weighted by atomic mass is 10.0. The van der Waals surface area contributed by atoms with Crippen molar-refractivity contribution >= 4 is 21.7 Å². The van der Waals surface area contributed by atoms with Gasteiger partial charge in [0.15, 0.2) is 6.23 Å². The predicted molar refractivity (Wildman–Crippen MR) is 140 cm³/mol. The van der Waals surface area contributed by atoms with E-state index in [1.54, 1.807) is 6.20 Å². The number of pyridine rings is 1. The Kier molecular flexibility index (Phi) is 6.06. The highest BCUT2D eigenvalue weighted by atomic mass is 16.5. The van der Waals surface area contributed by atoms with E-state index < -0.39 is 0 Å². The number of hydrogen-bond acceptors (Lipinski definition) is 5. The standard InChI is InChI=1S/C30H26N4O2/c31-19-22-6-11-28-27(16-22)30(33-34(28)29-5-1-2-14-36-29)25-8-7-24-18-26(10-9-23(24)17-25)35-15-12-21-4-3-13-32-20-21/h3-4,6-11,13,16-18,20,29H,1-2,5,12,14-15H2. The lowest BCUT2D eigenvalue weighted by molar-refractivity contribution is -0.0365. The first kappa shape index (κ1) is 22.3. The molecule has 0 saturated carbocycles. The minimum atomic E-state index is -0.0743. The van der Waals surface area contributed by atoms with E-state index in [1.807, 2.05) is 41.2 Å². The fraction of sp³-hybridized carbons (Fsp3) is 0.233. The molecule has 0 amide bonds. The largest absolute Gasteiger partial charge is 0.493 e. The molecule has 6 rings (SSSR count). The molecule has 5 aromatic rings. The number of hydrogen-bond donors (Lipinski definition) is 0. The summed E-state index contributed by atoms with van der Waals surface area (Å²) in [5, 5.41) is 17.7. The minimum Gasteiger partial charge on any atom is -0.493 e. The molecule has 0 bridgehead atoms. The lowest BCUT2D eigenvalue weighted by Crippen LogP contribution is -2.19. The molecule has 3 aromatic carbocycles. The molecule has 1 aliphatic heterocycles. The first-order valence-corrected chi connectivity index (χ1v) is 12.4. The van der Waals surface area contributed by atoms with Crippen molar-refractivity contribution < 1.29 is 9.47 Å². The van der Waals surface area contributed by atoms with E-state index >= 15 is 0 Å². The molecular weight excluding hydrogens is 448 g/mol. The van der Waals surface area contributed by atoms with Crippen molar-refractivity contribution in [1.82, 2.24) is 14.8 Å². The van der Waals surface area contributed by atoms with Gasteiger partial charge in [0.2, 0.25) is 0 Å². The van der Waals surface area contributed by atoms with E-state index in [2.05, 4.69) is 47.5 Å². The zero-order chi connectivity index (χ0) is 24.3. The number of nitrogens with zero attached hydrogens (tertiary/aromatic N) is 4. The third kappa shape index (κ3) is 4.41. The third-order valence-corrected chi connectivity index (χ3v) is 6.73. The van der Waals surface area contributed by atoms with Gasteiger partial charge in [-0.05, 0) is 78.1 Å². The van der Waals surface area contributed by atoms with Crippen LogP contribution in [0.5, 0.6) is 5.75 Å². The first-order valence-electron chi connectivity index (χ1n) is 12.4. The summed E-state index contributed by atoms with van der Waals surface area (Å²) in [7, 11) is 0. The van der Waals surface area contributed by atoms with Gasteiger partial charge in [-0.1, -0.05) is 24.3 Å². The summed E-state index contributed by atoms with van der Waals surface area (Å²) in [6.45, 7) is 1.35. The molecule has 1 atom stereocenters. The summed E-state index contributed by atoms with van der Waals surface area (Å²) in [4.78, 5) is 4.16. The van der Waals surface area contributed by atoms with Crippen molar-refractivity contribution in [3.8, 4) is 23.1 Å². The van der Waals surface area contributed by atoms with E-state index in [0.717, 1.165) is 76.5 Å². The van der Waals surface area contributed by atoms with Gasteiger partial charge in [-0.2, -0.15) is 10.4 Å². The average molecular weight is 475 g/mol. The second-order valence-electron chi connectivity index (χ2n) is 9.14. The van der Waals surface area contributed by atoms with Crippen LogP contribution in [0.1, 0.15) is 36.6 Å². The maximum Gasteiger partial charge on any atom is 0.150 e. The molecule has 1 fully saturated rings. The topological polar surface area (TPSA) is 73.0 Å². The normalized spacial score (nSPS) is 15.7. The molecule has 0 radical (unpaired) electrons. The van der Waals surface area contributed by atoms with Crippen molar-refractivity contribution in [3.05, 3.63) is 90.3 Å². The number of aromatic nitrogens is 3. The van der Waals surface area contributed by atoms with E-state index in [0.29, 0.717) is 12.2 Å². The van der Waals surface area contributed by atoms with Crippen LogP contribution in [0.3, 0.4) is 0 Å². The van der Waals surface area contributed by atoms with Crippen LogP contribution in [0.2, 0.25) is 0 Å². The monoisotopic (exact) mass is 474 g/mol. The SMILES string of the molecule is N#Cc1ccc2c(c1)c(-c1ccc3cc(OCCc4cccnc4)ccc3c1)nn2C1CCCCO1. The molecule has 1 saturated heterocycles. The average Bonchev–Trinajstić information content (AvgIpc) is 3.32. The molecule has 36 heavy (non-hydrogen) atoms. The molecule has 6 heteroatoms. The number of fused-ring (bicyclic) bond motifs is 2. The maximum atomic E-state index is 9.49. The highest BCUT2D eigenvalue weighted by Crippen LogP contribution is 2.35. The number of nitriles is 1. The van der Waals surface area contributed by atoms with Gasteiger partial charge in [-0.3, -0.25) is 4.98 Å². The Balaban J connectivity index is 1.31. The van der Waals surface area contributed by atoms with Crippen LogP contribution in [0, 0.1) is 11.3 Å². The van der Waals surface area contributed by atoms with Crippen LogP contribution in [0.4, 0.5) is 0 Å². The Hall–Kier alpha value is -4.21. The number of rotatable bonds is 6. The predicted octanol–water partition coefficient (Wildman–Crippen LogP) is 6.44. The van der Waals surface area contributed by atoms with Crippen molar-refractivity contribution in [2.75, 3.05) is 13.2 Å². The molecule has 0 spiro atoms. The molecule has 0 aliphatic carbocycles. The lowest BCUT2D eigenvalue weighted by Gasteiger charge is -2.23. The minimum absolute atomic E-state index is 0.0743. The van der Waals surface area contributed by atoms with Gasteiger partial charge in [0.1, 0.15) is 11.4 Å². The molecule has 1 aliphatic rings. The van der Waals surface area contributed by atoms with Crippen LogP contribution in [-0.4, -0.2) is 28.0 Å². The van der Waals surface area contributed by atoms with E-state index in [-0.39, 0.29) is 6.23 Å². The molecule has 3 heterocycles. The zero-order valence-corrected chi connectivity index (χ0v) is 19.9. The number of ether oxygens (including phenoxy) is 2. The highest BCUT2D eigenvalue weighted by molar-refractivity contribution is 5.97. The van der Waals surface area contributed by atoms with Crippen molar-refractivity contribution in [2.24, 2.45) is 0 Å². The Morgan fingerprint density at radius 2 is 1.94 bits per heavy atom. The third-order valence-electron chi connectivity index (χ3n) is 6.73. The van der Waals surface area contributed by atoms with Gasteiger partial charge < -0.3 is 9.47 Å². The molecule has 2 aromatic heterocycles. The summed E-state index contributed by atoms with van der Waals surface area (Å²) < 4.78 is 14.0. The van der Waals surface area contributed by atoms with E-state index in [4.69, 9.17) is 14.6 Å². The van der Waals surface area contributed by atoms with Crippen LogP contribution in [-0.2, 0) is 11.2 Å². The highest BCUT2D eigenvalue weighted by Gasteiger charge is 2.22. The second kappa shape index (κ2) is 9.80. The van der Waals surface area contributed by atoms with Crippen molar-refractivity contribution in [1.29, 1.82) is 5.26 Å². The van der Waals surface area contributed by atoms with Gasteiger partial charge >= 0.3 is 0 Å². The van der Waals surface area contributed by atoms with E-state index in [9.17, 15) is 5.26 Å². The second-order valence-corrected chi connectivity index (χ2v) is 9.14. The Labute approximate surface area is 209 Å². The summed E-state index contributed by atoms with van der Waals surface area (Å²) in [5.41, 5.74) is 4.67. The molecule has 1 unspecified atom stereocenters. The van der Waals surface area contributed by atoms with Crippen molar-refractivity contribution in [2.45, 2.75) is 31.9 Å². The summed E-state index contributed by atoms with van der Waals surface area (Å²) in [5.74, 6) is 0.849. The Morgan fingerprint density at radius 1 is 1.03 bits per heavy atom. The van der Waals surface area contributed by atoms with Crippen LogP contribution < -0.4 is 4.74 Å². The van der Waals surface area contributed by atoms with E-state index in [1.165, 1.54) is 0 Å². The quantitative estimate of drug-likeness (QED) is 0.283.